The number of benzene rings is 1. The summed E-state index contributed by atoms with van der Waals surface area (Å²) < 4.78 is 6.67. The van der Waals surface area contributed by atoms with Crippen molar-refractivity contribution in [3.63, 3.8) is 0 Å². The van der Waals surface area contributed by atoms with Gasteiger partial charge in [0.25, 0.3) is 5.56 Å². The molecule has 0 saturated carbocycles. The number of nitrogens with two attached hydrogens (primary N) is 1. The van der Waals surface area contributed by atoms with Gasteiger partial charge in [-0.25, -0.2) is 9.78 Å². The van der Waals surface area contributed by atoms with Gasteiger partial charge in [0, 0.05) is 22.1 Å². The van der Waals surface area contributed by atoms with Gasteiger partial charge in [0.15, 0.2) is 5.60 Å². The predicted molar refractivity (Wildman–Crippen MR) is 127 cm³/mol. The lowest BCUT2D eigenvalue weighted by Crippen LogP contribution is -2.45. The van der Waals surface area contributed by atoms with E-state index >= 15 is 0 Å². The van der Waals surface area contributed by atoms with Crippen molar-refractivity contribution in [2.45, 2.75) is 58.5 Å². The standard InChI is InChI=1S/C25H26N4O5/c1-5-25(32)18-16(12-33-23(25)31)22(30)29-11-15-14(10-27-34-24(2,3)4)13-8-6-7-9-17(13)28-20(15)21(29)19(18)26/h6-10,32H,5,11-12,26H2,1-4H3/b27-10+/t25-/m0/s1. The normalized spacial score (nSPS) is 19.1. The number of cyclic esters (lactones) is 1. The SMILES string of the molecule is CC[C@@]1(O)C(=O)OCc2c1c(N)c1n(c2=O)Cc2c-1nc1ccccc1c2/C=N/OC(C)(C)C. The van der Waals surface area contributed by atoms with E-state index in [1.807, 2.05) is 45.0 Å². The molecule has 4 heterocycles. The van der Waals surface area contributed by atoms with Gasteiger partial charge in [-0.2, -0.15) is 0 Å². The first-order valence-electron chi connectivity index (χ1n) is 11.2. The highest BCUT2D eigenvalue weighted by Crippen LogP contribution is 2.44. The lowest BCUT2D eigenvalue weighted by molar-refractivity contribution is -0.172. The van der Waals surface area contributed by atoms with Crippen LogP contribution in [-0.2, 0) is 33.1 Å². The number of ether oxygens (including phenoxy) is 1. The molecule has 5 rings (SSSR count). The zero-order valence-electron chi connectivity index (χ0n) is 19.5. The van der Waals surface area contributed by atoms with Crippen LogP contribution in [0, 0.1) is 0 Å². The average Bonchev–Trinajstić information content (AvgIpc) is 3.18. The van der Waals surface area contributed by atoms with Gasteiger partial charge in [-0.3, -0.25) is 4.79 Å². The molecule has 3 aromatic rings. The summed E-state index contributed by atoms with van der Waals surface area (Å²) >= 11 is 0. The van der Waals surface area contributed by atoms with Crippen LogP contribution in [0.25, 0.3) is 22.3 Å². The molecule has 0 radical (unpaired) electrons. The number of pyridine rings is 2. The summed E-state index contributed by atoms with van der Waals surface area (Å²) in [5.41, 5.74) is 7.35. The molecule has 0 fully saturated rings. The van der Waals surface area contributed by atoms with Crippen LogP contribution >= 0.6 is 0 Å². The second kappa shape index (κ2) is 7.39. The van der Waals surface area contributed by atoms with Crippen molar-refractivity contribution >= 4 is 28.8 Å². The summed E-state index contributed by atoms with van der Waals surface area (Å²) in [6.07, 6.45) is 1.65. The van der Waals surface area contributed by atoms with Gasteiger partial charge in [-0.1, -0.05) is 30.3 Å². The number of oxime groups is 1. The van der Waals surface area contributed by atoms with Gasteiger partial charge < -0.3 is 25.0 Å². The summed E-state index contributed by atoms with van der Waals surface area (Å²) in [4.78, 5) is 36.4. The molecule has 0 spiro atoms. The molecule has 2 aliphatic rings. The van der Waals surface area contributed by atoms with Crippen LogP contribution in [0.5, 0.6) is 0 Å². The third kappa shape index (κ3) is 3.11. The maximum Gasteiger partial charge on any atom is 0.343 e. The van der Waals surface area contributed by atoms with E-state index in [2.05, 4.69) is 5.16 Å². The van der Waals surface area contributed by atoms with Crippen LogP contribution in [0.3, 0.4) is 0 Å². The molecular formula is C25H26N4O5. The minimum Gasteiger partial charge on any atom is -0.458 e. The quantitative estimate of drug-likeness (QED) is 0.272. The number of para-hydroxylation sites is 1. The fourth-order valence-corrected chi connectivity index (χ4v) is 4.67. The zero-order chi connectivity index (χ0) is 24.4. The molecule has 0 unspecified atom stereocenters. The smallest absolute Gasteiger partial charge is 0.343 e. The van der Waals surface area contributed by atoms with Crippen LogP contribution in [-0.4, -0.2) is 32.4 Å². The molecular weight excluding hydrogens is 436 g/mol. The fourth-order valence-electron chi connectivity index (χ4n) is 4.67. The third-order valence-corrected chi connectivity index (χ3v) is 6.30. The van der Waals surface area contributed by atoms with Crippen LogP contribution in [0.1, 0.15) is 56.4 Å². The highest BCUT2D eigenvalue weighted by atomic mass is 16.6. The second-order valence-corrected chi connectivity index (χ2v) is 9.61. The Morgan fingerprint density at radius 2 is 2.03 bits per heavy atom. The van der Waals surface area contributed by atoms with Crippen LogP contribution in [0.4, 0.5) is 5.69 Å². The number of fused-ring (bicyclic) bond motifs is 5. The highest BCUT2D eigenvalue weighted by Gasteiger charge is 2.47. The Bertz CT molecular complexity index is 1450. The number of nitrogen functional groups attached to an aromatic ring is 1. The van der Waals surface area contributed by atoms with E-state index in [4.69, 9.17) is 20.3 Å². The molecule has 1 aromatic carbocycles. The van der Waals surface area contributed by atoms with Crippen molar-refractivity contribution in [2.75, 3.05) is 5.73 Å². The number of rotatable bonds is 3. The molecule has 9 heteroatoms. The van der Waals surface area contributed by atoms with Gasteiger partial charge in [-0.05, 0) is 33.3 Å². The maximum absolute atomic E-state index is 13.5. The van der Waals surface area contributed by atoms with E-state index in [0.29, 0.717) is 16.9 Å². The number of esters is 1. The van der Waals surface area contributed by atoms with E-state index in [0.717, 1.165) is 16.5 Å². The Kier molecular flexibility index (Phi) is 4.80. The molecule has 0 bridgehead atoms. The number of nitrogens with zero attached hydrogens (tertiary/aromatic N) is 3. The lowest BCUT2D eigenvalue weighted by atomic mass is 9.84. The summed E-state index contributed by atoms with van der Waals surface area (Å²) in [5.74, 6) is -0.810. The van der Waals surface area contributed by atoms with Gasteiger partial charge >= 0.3 is 5.97 Å². The highest BCUT2D eigenvalue weighted by molar-refractivity contribution is 6.03. The van der Waals surface area contributed by atoms with Crippen molar-refractivity contribution < 1.29 is 19.5 Å². The molecule has 1 atom stereocenters. The first kappa shape index (κ1) is 22.1. The lowest BCUT2D eigenvalue weighted by Gasteiger charge is -2.33. The zero-order valence-corrected chi connectivity index (χ0v) is 19.5. The summed E-state index contributed by atoms with van der Waals surface area (Å²) in [5, 5.41) is 16.2. The largest absolute Gasteiger partial charge is 0.458 e. The molecule has 0 aliphatic carbocycles. The molecule has 9 nitrogen and oxygen atoms in total. The predicted octanol–water partition coefficient (Wildman–Crippen LogP) is 2.81. The third-order valence-electron chi connectivity index (χ3n) is 6.30. The first-order chi connectivity index (χ1) is 16.1. The van der Waals surface area contributed by atoms with Crippen molar-refractivity contribution in [3.05, 3.63) is 56.9 Å². The topological polar surface area (TPSA) is 129 Å². The number of aliphatic hydroxyl groups is 1. The van der Waals surface area contributed by atoms with E-state index in [1.165, 1.54) is 4.57 Å². The average molecular weight is 463 g/mol. The van der Waals surface area contributed by atoms with Crippen molar-refractivity contribution in [1.29, 1.82) is 0 Å². The minimum absolute atomic E-state index is 0.0198. The molecule has 2 aliphatic heterocycles. The monoisotopic (exact) mass is 462 g/mol. The maximum atomic E-state index is 13.5. The number of aromatic nitrogens is 2. The molecule has 2 aromatic heterocycles. The van der Waals surface area contributed by atoms with Gasteiger partial charge in [0.05, 0.1) is 40.9 Å². The number of carbonyl (C=O) groups excluding carboxylic acids is 1. The first-order valence-corrected chi connectivity index (χ1v) is 11.2. The van der Waals surface area contributed by atoms with Crippen LogP contribution < -0.4 is 11.3 Å². The Morgan fingerprint density at radius 3 is 2.74 bits per heavy atom. The number of hydrogen-bond donors (Lipinski definition) is 2. The van der Waals surface area contributed by atoms with Crippen molar-refractivity contribution in [2.24, 2.45) is 5.16 Å². The number of anilines is 1. The summed E-state index contributed by atoms with van der Waals surface area (Å²) in [7, 11) is 0. The van der Waals surface area contributed by atoms with Crippen LogP contribution in [0.2, 0.25) is 0 Å². The molecule has 0 saturated heterocycles. The summed E-state index contributed by atoms with van der Waals surface area (Å²) in [6, 6.07) is 7.58. The van der Waals surface area contributed by atoms with E-state index in [9.17, 15) is 14.7 Å². The van der Waals surface area contributed by atoms with Crippen molar-refractivity contribution in [1.82, 2.24) is 9.55 Å². The Hall–Kier alpha value is -3.72. The van der Waals surface area contributed by atoms with Gasteiger partial charge in [0.1, 0.15) is 12.2 Å². The van der Waals surface area contributed by atoms with E-state index in [-0.39, 0.29) is 41.9 Å². The van der Waals surface area contributed by atoms with Gasteiger partial charge in [0.2, 0.25) is 0 Å². The van der Waals surface area contributed by atoms with E-state index < -0.39 is 17.2 Å². The Labute approximate surface area is 195 Å². The van der Waals surface area contributed by atoms with Crippen molar-refractivity contribution in [3.8, 4) is 11.4 Å². The van der Waals surface area contributed by atoms with E-state index in [1.54, 1.807) is 13.1 Å². The molecule has 34 heavy (non-hydrogen) atoms. The number of carbonyl (C=O) groups is 1. The minimum atomic E-state index is -1.99. The molecule has 0 amide bonds. The summed E-state index contributed by atoms with van der Waals surface area (Å²) in [6.45, 7) is 7.33. The molecule has 3 N–H and O–H groups in total. The Balaban J connectivity index is 1.80. The molecule has 176 valence electrons. The number of hydrogen-bond acceptors (Lipinski definition) is 8. The fraction of sp³-hybridized carbons (Fsp3) is 0.360. The van der Waals surface area contributed by atoms with Crippen LogP contribution in [0.15, 0.2) is 34.2 Å². The Morgan fingerprint density at radius 1 is 1.29 bits per heavy atom. The second-order valence-electron chi connectivity index (χ2n) is 9.61. The van der Waals surface area contributed by atoms with Gasteiger partial charge in [-0.15, -0.1) is 0 Å².